The first-order valence-electron chi connectivity index (χ1n) is 6.32. The van der Waals surface area contributed by atoms with Crippen LogP contribution in [0.3, 0.4) is 0 Å². The van der Waals surface area contributed by atoms with E-state index >= 15 is 0 Å². The number of sulfonamides is 1. The van der Waals surface area contributed by atoms with Gasteiger partial charge in [-0.25, -0.2) is 8.42 Å². The SMILES string of the molecule is Cc1cc(S(=O)(=O)N2CCCCC2CC(=O)O)sc1Br. The van der Waals surface area contributed by atoms with Crippen molar-refractivity contribution in [3.05, 3.63) is 15.4 Å². The topological polar surface area (TPSA) is 74.7 Å². The third-order valence-corrected chi connectivity index (χ3v) is 7.92. The van der Waals surface area contributed by atoms with E-state index in [1.54, 1.807) is 6.07 Å². The van der Waals surface area contributed by atoms with Crippen LogP contribution >= 0.6 is 27.3 Å². The summed E-state index contributed by atoms with van der Waals surface area (Å²) in [6.45, 7) is 2.24. The number of piperidine rings is 1. The van der Waals surface area contributed by atoms with E-state index in [1.807, 2.05) is 6.92 Å². The lowest BCUT2D eigenvalue weighted by atomic mass is 10.0. The molecule has 0 aromatic carbocycles. The van der Waals surface area contributed by atoms with Crippen molar-refractivity contribution < 1.29 is 18.3 Å². The first-order chi connectivity index (χ1) is 9.32. The molecule has 1 N–H and O–H groups in total. The molecule has 8 heteroatoms. The van der Waals surface area contributed by atoms with Crippen LogP contribution in [-0.4, -0.2) is 36.4 Å². The van der Waals surface area contributed by atoms with Crippen molar-refractivity contribution in [3.8, 4) is 0 Å². The molecule has 1 aromatic rings. The largest absolute Gasteiger partial charge is 0.481 e. The Morgan fingerprint density at radius 3 is 2.80 bits per heavy atom. The summed E-state index contributed by atoms with van der Waals surface area (Å²) in [4.78, 5) is 10.9. The second kappa shape index (κ2) is 6.13. The van der Waals surface area contributed by atoms with Gasteiger partial charge in [0.1, 0.15) is 4.21 Å². The highest BCUT2D eigenvalue weighted by Gasteiger charge is 2.35. The number of carboxylic acids is 1. The first kappa shape index (κ1) is 15.9. The molecule has 5 nitrogen and oxygen atoms in total. The fourth-order valence-electron chi connectivity index (χ4n) is 2.37. The van der Waals surface area contributed by atoms with Crippen molar-refractivity contribution in [2.45, 2.75) is 42.9 Å². The van der Waals surface area contributed by atoms with Crippen molar-refractivity contribution in [3.63, 3.8) is 0 Å². The second-order valence-corrected chi connectivity index (χ2v) is 9.37. The highest BCUT2D eigenvalue weighted by atomic mass is 79.9. The van der Waals surface area contributed by atoms with Crippen LogP contribution in [0.25, 0.3) is 0 Å². The van der Waals surface area contributed by atoms with Gasteiger partial charge in [0.15, 0.2) is 0 Å². The number of carbonyl (C=O) groups is 1. The van der Waals surface area contributed by atoms with Crippen LogP contribution in [0, 0.1) is 6.92 Å². The molecule has 2 rings (SSSR count). The number of hydrogen-bond acceptors (Lipinski definition) is 4. The Morgan fingerprint density at radius 1 is 1.55 bits per heavy atom. The van der Waals surface area contributed by atoms with Crippen molar-refractivity contribution in [1.29, 1.82) is 0 Å². The van der Waals surface area contributed by atoms with Gasteiger partial charge in [0.25, 0.3) is 10.0 Å². The highest BCUT2D eigenvalue weighted by Crippen LogP contribution is 2.35. The number of halogens is 1. The third-order valence-electron chi connectivity index (χ3n) is 3.38. The monoisotopic (exact) mass is 381 g/mol. The number of hydrogen-bond donors (Lipinski definition) is 1. The molecule has 0 aliphatic carbocycles. The quantitative estimate of drug-likeness (QED) is 0.869. The van der Waals surface area contributed by atoms with Crippen LogP contribution in [0.2, 0.25) is 0 Å². The van der Waals surface area contributed by atoms with Crippen LogP contribution < -0.4 is 0 Å². The number of rotatable bonds is 4. The maximum Gasteiger partial charge on any atom is 0.304 e. The second-order valence-electron chi connectivity index (χ2n) is 4.89. The summed E-state index contributed by atoms with van der Waals surface area (Å²) in [7, 11) is -3.60. The lowest BCUT2D eigenvalue weighted by molar-refractivity contribution is -0.138. The van der Waals surface area contributed by atoms with E-state index in [1.165, 1.54) is 15.6 Å². The average molecular weight is 382 g/mol. The molecule has 2 heterocycles. The van der Waals surface area contributed by atoms with Crippen molar-refractivity contribution >= 4 is 43.3 Å². The summed E-state index contributed by atoms with van der Waals surface area (Å²) in [6, 6.07) is 1.20. The van der Waals surface area contributed by atoms with E-state index in [0.717, 1.165) is 22.2 Å². The molecule has 20 heavy (non-hydrogen) atoms. The molecule has 1 saturated heterocycles. The standard InChI is InChI=1S/C12H16BrNO4S2/c1-8-6-11(19-12(8)13)20(17,18)14-5-3-2-4-9(14)7-10(15)16/h6,9H,2-5,7H2,1H3,(H,15,16). The van der Waals surface area contributed by atoms with Gasteiger partial charge in [-0.2, -0.15) is 4.31 Å². The minimum Gasteiger partial charge on any atom is -0.481 e. The Hall–Kier alpha value is -0.440. The molecule has 1 aliphatic rings. The maximum atomic E-state index is 12.7. The average Bonchev–Trinajstić information content (AvgIpc) is 2.70. The number of carboxylic acid groups (broad SMARTS) is 1. The molecule has 112 valence electrons. The minimum atomic E-state index is -3.60. The Balaban J connectivity index is 2.32. The van der Waals surface area contributed by atoms with Gasteiger partial charge >= 0.3 is 5.97 Å². The molecule has 0 amide bonds. The van der Waals surface area contributed by atoms with Crippen molar-refractivity contribution in [1.82, 2.24) is 4.31 Å². The fraction of sp³-hybridized carbons (Fsp3) is 0.583. The van der Waals surface area contributed by atoms with Gasteiger partial charge in [-0.05, 0) is 47.3 Å². The molecular weight excluding hydrogens is 366 g/mol. The summed E-state index contributed by atoms with van der Waals surface area (Å²) in [5.41, 5.74) is 0.875. The van der Waals surface area contributed by atoms with E-state index in [2.05, 4.69) is 15.9 Å². The van der Waals surface area contributed by atoms with Gasteiger partial charge in [-0.3, -0.25) is 4.79 Å². The van der Waals surface area contributed by atoms with E-state index in [-0.39, 0.29) is 10.6 Å². The van der Waals surface area contributed by atoms with Gasteiger partial charge in [0, 0.05) is 12.6 Å². The normalized spacial score (nSPS) is 21.0. The maximum absolute atomic E-state index is 12.7. The van der Waals surface area contributed by atoms with E-state index in [4.69, 9.17) is 5.11 Å². The van der Waals surface area contributed by atoms with Crippen LogP contribution in [-0.2, 0) is 14.8 Å². The Bertz CT molecular complexity index is 591. The number of aryl methyl sites for hydroxylation is 1. The van der Waals surface area contributed by atoms with Gasteiger partial charge in [0.05, 0.1) is 10.2 Å². The molecule has 0 bridgehead atoms. The van der Waals surface area contributed by atoms with E-state index < -0.39 is 22.0 Å². The van der Waals surface area contributed by atoms with Gasteiger partial charge in [-0.15, -0.1) is 11.3 Å². The zero-order valence-electron chi connectivity index (χ0n) is 11.0. The number of nitrogens with zero attached hydrogens (tertiary/aromatic N) is 1. The molecule has 1 aliphatic heterocycles. The summed E-state index contributed by atoms with van der Waals surface area (Å²) in [6.07, 6.45) is 2.12. The molecule has 1 fully saturated rings. The lowest BCUT2D eigenvalue weighted by Crippen LogP contribution is -2.44. The number of aliphatic carboxylic acids is 1. The Labute approximate surface area is 130 Å². The Kier molecular flexibility index (Phi) is 4.88. The summed E-state index contributed by atoms with van der Waals surface area (Å²) >= 11 is 4.50. The highest BCUT2D eigenvalue weighted by molar-refractivity contribution is 9.11. The van der Waals surface area contributed by atoms with Gasteiger partial charge < -0.3 is 5.11 Å². The number of thiophene rings is 1. The molecule has 1 aromatic heterocycles. The molecule has 1 atom stereocenters. The van der Waals surface area contributed by atoms with Crippen LogP contribution in [0.1, 0.15) is 31.2 Å². The molecule has 0 saturated carbocycles. The third kappa shape index (κ3) is 3.24. The van der Waals surface area contributed by atoms with Crippen LogP contribution in [0.5, 0.6) is 0 Å². The first-order valence-corrected chi connectivity index (χ1v) is 9.37. The predicted molar refractivity (Wildman–Crippen MR) is 80.5 cm³/mol. The van der Waals surface area contributed by atoms with Crippen LogP contribution in [0.4, 0.5) is 0 Å². The predicted octanol–water partition coefficient (Wildman–Crippen LogP) is 2.84. The molecule has 0 radical (unpaired) electrons. The van der Waals surface area contributed by atoms with Gasteiger partial charge in [0.2, 0.25) is 0 Å². The molecule has 1 unspecified atom stereocenters. The summed E-state index contributed by atoms with van der Waals surface area (Å²) in [5, 5.41) is 8.94. The molecule has 0 spiro atoms. The van der Waals surface area contributed by atoms with Gasteiger partial charge in [-0.1, -0.05) is 6.42 Å². The van der Waals surface area contributed by atoms with E-state index in [0.29, 0.717) is 13.0 Å². The van der Waals surface area contributed by atoms with E-state index in [9.17, 15) is 13.2 Å². The van der Waals surface area contributed by atoms with Crippen molar-refractivity contribution in [2.75, 3.05) is 6.54 Å². The minimum absolute atomic E-state index is 0.134. The zero-order chi connectivity index (χ0) is 14.9. The smallest absolute Gasteiger partial charge is 0.304 e. The zero-order valence-corrected chi connectivity index (χ0v) is 14.2. The Morgan fingerprint density at radius 2 is 2.25 bits per heavy atom. The summed E-state index contributed by atoms with van der Waals surface area (Å²) in [5.74, 6) is -0.958. The molecular formula is C12H16BrNO4S2. The van der Waals surface area contributed by atoms with Crippen LogP contribution in [0.15, 0.2) is 14.1 Å². The van der Waals surface area contributed by atoms with Crippen molar-refractivity contribution in [2.24, 2.45) is 0 Å². The lowest BCUT2D eigenvalue weighted by Gasteiger charge is -2.33. The summed E-state index contributed by atoms with van der Waals surface area (Å²) < 4.78 is 27.8. The fourth-order valence-corrected chi connectivity index (χ4v) is 6.42.